The van der Waals surface area contributed by atoms with E-state index < -0.39 is 0 Å². The van der Waals surface area contributed by atoms with Gasteiger partial charge in [-0.2, -0.15) is 0 Å². The number of nitrogens with zero attached hydrogens (tertiary/aromatic N) is 1. The Bertz CT molecular complexity index is 353. The minimum absolute atomic E-state index is 0.710. The Balaban J connectivity index is 2.03. The topological polar surface area (TPSA) is 24.9 Å². The predicted octanol–water partition coefficient (Wildman–Crippen LogP) is 3.86. The van der Waals surface area contributed by atoms with E-state index in [9.17, 15) is 0 Å². The molecule has 1 aromatic heterocycles. The number of aryl methyl sites for hydroxylation is 2. The molecule has 2 atom stereocenters. The van der Waals surface area contributed by atoms with Crippen molar-refractivity contribution in [1.29, 1.82) is 0 Å². The lowest BCUT2D eigenvalue weighted by Gasteiger charge is -2.25. The molecule has 1 saturated carbocycles. The molecule has 3 heteroatoms. The molecule has 0 saturated heterocycles. The summed E-state index contributed by atoms with van der Waals surface area (Å²) in [6.45, 7) is 7.63. The predicted molar refractivity (Wildman–Crippen MR) is 79.3 cm³/mol. The highest BCUT2D eigenvalue weighted by Crippen LogP contribution is 2.28. The van der Waals surface area contributed by atoms with Crippen molar-refractivity contribution < 1.29 is 0 Å². The van der Waals surface area contributed by atoms with Crippen LogP contribution in [-0.4, -0.2) is 17.6 Å². The van der Waals surface area contributed by atoms with Crippen LogP contribution in [0.4, 0.5) is 0 Å². The van der Waals surface area contributed by atoms with Crippen LogP contribution in [0.25, 0.3) is 0 Å². The molecule has 0 aromatic carbocycles. The van der Waals surface area contributed by atoms with Gasteiger partial charge in [0.25, 0.3) is 0 Å². The van der Waals surface area contributed by atoms with E-state index in [4.69, 9.17) is 4.98 Å². The third-order valence-corrected chi connectivity index (χ3v) is 5.23. The van der Waals surface area contributed by atoms with E-state index in [0.29, 0.717) is 6.04 Å². The molecule has 0 aliphatic heterocycles. The van der Waals surface area contributed by atoms with E-state index in [2.05, 4.69) is 26.1 Å². The van der Waals surface area contributed by atoms with Gasteiger partial charge in [0.2, 0.25) is 0 Å². The number of thiazole rings is 1. The SMILES string of the molecule is CCNC1CCCCCC1Cc1nc(C)c(C)s1. The van der Waals surface area contributed by atoms with Crippen molar-refractivity contribution in [2.75, 3.05) is 6.54 Å². The highest BCUT2D eigenvalue weighted by atomic mass is 32.1. The molecule has 1 heterocycles. The molecular weight excluding hydrogens is 240 g/mol. The number of hydrogen-bond donors (Lipinski definition) is 1. The molecule has 0 radical (unpaired) electrons. The Morgan fingerprint density at radius 3 is 2.67 bits per heavy atom. The van der Waals surface area contributed by atoms with Crippen LogP contribution in [0.3, 0.4) is 0 Å². The molecule has 18 heavy (non-hydrogen) atoms. The number of nitrogens with one attached hydrogen (secondary N) is 1. The first kappa shape index (κ1) is 14.0. The normalized spacial score (nSPS) is 25.1. The van der Waals surface area contributed by atoms with E-state index in [0.717, 1.165) is 12.5 Å². The molecule has 2 rings (SSSR count). The van der Waals surface area contributed by atoms with E-state index in [-0.39, 0.29) is 0 Å². The lowest BCUT2D eigenvalue weighted by atomic mass is 9.91. The summed E-state index contributed by atoms with van der Waals surface area (Å²) in [6, 6.07) is 0.710. The molecule has 2 nitrogen and oxygen atoms in total. The summed E-state index contributed by atoms with van der Waals surface area (Å²) < 4.78 is 0. The molecule has 102 valence electrons. The van der Waals surface area contributed by atoms with Gasteiger partial charge in [-0.05, 0) is 39.2 Å². The van der Waals surface area contributed by atoms with Crippen molar-refractivity contribution in [2.24, 2.45) is 5.92 Å². The number of hydrogen-bond acceptors (Lipinski definition) is 3. The fraction of sp³-hybridized carbons (Fsp3) is 0.800. The zero-order valence-electron chi connectivity index (χ0n) is 12.0. The molecule has 2 unspecified atom stereocenters. The molecule has 1 aromatic rings. The van der Waals surface area contributed by atoms with Gasteiger partial charge in [-0.3, -0.25) is 0 Å². The lowest BCUT2D eigenvalue weighted by Crippen LogP contribution is -2.36. The van der Waals surface area contributed by atoms with Crippen LogP contribution in [0.15, 0.2) is 0 Å². The molecule has 1 N–H and O–H groups in total. The van der Waals surface area contributed by atoms with E-state index >= 15 is 0 Å². The van der Waals surface area contributed by atoms with Crippen LogP contribution in [0, 0.1) is 19.8 Å². The van der Waals surface area contributed by atoms with Crippen LogP contribution in [0.1, 0.15) is 54.6 Å². The third-order valence-electron chi connectivity index (χ3n) is 4.14. The molecule has 0 bridgehead atoms. The van der Waals surface area contributed by atoms with Crippen LogP contribution in [-0.2, 0) is 6.42 Å². The van der Waals surface area contributed by atoms with Crippen LogP contribution < -0.4 is 5.32 Å². The van der Waals surface area contributed by atoms with Crippen molar-refractivity contribution in [1.82, 2.24) is 10.3 Å². The molecular formula is C15H26N2S. The maximum Gasteiger partial charge on any atom is 0.0934 e. The first-order valence-corrected chi connectivity index (χ1v) is 8.18. The van der Waals surface area contributed by atoms with Crippen molar-refractivity contribution in [2.45, 2.75) is 65.3 Å². The number of rotatable bonds is 4. The number of aromatic nitrogens is 1. The van der Waals surface area contributed by atoms with Crippen molar-refractivity contribution in [3.8, 4) is 0 Å². The van der Waals surface area contributed by atoms with Crippen molar-refractivity contribution in [3.63, 3.8) is 0 Å². The average Bonchev–Trinajstić information content (AvgIpc) is 2.53. The molecule has 0 amide bonds. The van der Waals surface area contributed by atoms with Crippen LogP contribution in [0.5, 0.6) is 0 Å². The maximum atomic E-state index is 4.72. The molecule has 1 fully saturated rings. The fourth-order valence-electron chi connectivity index (χ4n) is 3.01. The minimum atomic E-state index is 0.710. The summed E-state index contributed by atoms with van der Waals surface area (Å²) in [4.78, 5) is 6.11. The second kappa shape index (κ2) is 6.67. The second-order valence-corrected chi connectivity index (χ2v) is 6.80. The quantitative estimate of drug-likeness (QED) is 0.837. The van der Waals surface area contributed by atoms with Gasteiger partial charge in [0.05, 0.1) is 10.7 Å². The first-order chi connectivity index (χ1) is 8.70. The van der Waals surface area contributed by atoms with E-state index in [1.807, 2.05) is 11.3 Å². The molecule has 1 aliphatic rings. The van der Waals surface area contributed by atoms with Gasteiger partial charge in [-0.15, -0.1) is 11.3 Å². The van der Waals surface area contributed by atoms with Gasteiger partial charge < -0.3 is 5.32 Å². The largest absolute Gasteiger partial charge is 0.314 e. The van der Waals surface area contributed by atoms with Gasteiger partial charge in [0, 0.05) is 17.3 Å². The third kappa shape index (κ3) is 3.55. The summed E-state index contributed by atoms with van der Waals surface area (Å²) in [5.41, 5.74) is 1.23. The van der Waals surface area contributed by atoms with Gasteiger partial charge >= 0.3 is 0 Å². The minimum Gasteiger partial charge on any atom is -0.314 e. The zero-order chi connectivity index (χ0) is 13.0. The Labute approximate surface area is 115 Å². The second-order valence-electron chi connectivity index (χ2n) is 5.52. The van der Waals surface area contributed by atoms with Crippen molar-refractivity contribution >= 4 is 11.3 Å². The summed E-state index contributed by atoms with van der Waals surface area (Å²) in [5, 5.41) is 5.04. The van der Waals surface area contributed by atoms with Crippen LogP contribution in [0.2, 0.25) is 0 Å². The van der Waals surface area contributed by atoms with Gasteiger partial charge in [-0.1, -0.05) is 26.2 Å². The highest BCUT2D eigenvalue weighted by Gasteiger charge is 2.24. The average molecular weight is 266 g/mol. The highest BCUT2D eigenvalue weighted by molar-refractivity contribution is 7.11. The first-order valence-electron chi connectivity index (χ1n) is 7.37. The fourth-order valence-corrected chi connectivity index (χ4v) is 4.04. The summed E-state index contributed by atoms with van der Waals surface area (Å²) in [6.07, 6.45) is 8.10. The van der Waals surface area contributed by atoms with Crippen molar-refractivity contribution in [3.05, 3.63) is 15.6 Å². The standard InChI is InChI=1S/C15H26N2S/c1-4-16-14-9-7-5-6-8-13(14)10-15-17-11(2)12(3)18-15/h13-14,16H,4-10H2,1-3H3. The Morgan fingerprint density at radius 2 is 2.00 bits per heavy atom. The van der Waals surface area contributed by atoms with Crippen LogP contribution >= 0.6 is 11.3 Å². The molecule has 1 aliphatic carbocycles. The summed E-state index contributed by atoms with van der Waals surface area (Å²) in [5.74, 6) is 0.789. The van der Waals surface area contributed by atoms with E-state index in [1.165, 1.54) is 54.1 Å². The van der Waals surface area contributed by atoms with Gasteiger partial charge in [0.1, 0.15) is 0 Å². The summed E-state index contributed by atoms with van der Waals surface area (Å²) >= 11 is 1.90. The molecule has 0 spiro atoms. The lowest BCUT2D eigenvalue weighted by molar-refractivity contribution is 0.337. The zero-order valence-corrected chi connectivity index (χ0v) is 12.8. The van der Waals surface area contributed by atoms with E-state index in [1.54, 1.807) is 0 Å². The van der Waals surface area contributed by atoms with Gasteiger partial charge in [-0.25, -0.2) is 4.98 Å². The Morgan fingerprint density at radius 1 is 1.22 bits per heavy atom. The Hall–Kier alpha value is -0.410. The Kier molecular flexibility index (Phi) is 5.19. The summed E-state index contributed by atoms with van der Waals surface area (Å²) in [7, 11) is 0. The monoisotopic (exact) mass is 266 g/mol. The van der Waals surface area contributed by atoms with Gasteiger partial charge in [0.15, 0.2) is 0 Å². The smallest absolute Gasteiger partial charge is 0.0934 e. The maximum absolute atomic E-state index is 4.72.